The van der Waals surface area contributed by atoms with Crippen LogP contribution in [-0.4, -0.2) is 109 Å². The molecule has 12 nitrogen and oxygen atoms in total. The van der Waals surface area contributed by atoms with Gasteiger partial charge in [-0.15, -0.1) is 11.3 Å². The molecule has 2 saturated heterocycles. The van der Waals surface area contributed by atoms with Crippen molar-refractivity contribution in [3.8, 4) is 0 Å². The predicted molar refractivity (Wildman–Crippen MR) is 214 cm³/mol. The molecule has 13 heteroatoms. The van der Waals surface area contributed by atoms with Crippen molar-refractivity contribution in [1.82, 2.24) is 30.7 Å². The van der Waals surface area contributed by atoms with Crippen LogP contribution in [0.4, 0.5) is 0 Å². The van der Waals surface area contributed by atoms with Crippen LogP contribution >= 0.6 is 11.3 Å². The molecule has 1 aromatic carbocycles. The number of nitrogens with one attached hydrogen (secondary N) is 3. The van der Waals surface area contributed by atoms with Gasteiger partial charge in [0.25, 0.3) is 0 Å². The smallest absolute Gasteiger partial charge is 0.245 e. The number of carbonyl (C=O) groups is 4. The SMILES string of the molecule is CC[C@H](C)[C@@H]([C@@H](CC(=O)N1CCCC1[C@H](OC)[C@@H](C)C(=O)N[C@@H](Cc1ccccc1)c1nccs1)OC)N(C)C(=O)C(NC(=O)[C@H]1N[C@@H]2CC[C@H]1C2)C(C)C. The first-order valence-corrected chi connectivity index (χ1v) is 21.2. The largest absolute Gasteiger partial charge is 0.379 e. The van der Waals surface area contributed by atoms with Crippen molar-refractivity contribution in [2.24, 2.45) is 23.7 Å². The number of thiazole rings is 1. The Morgan fingerprint density at radius 1 is 1.04 bits per heavy atom. The minimum absolute atomic E-state index is 0.00827. The number of hydrogen-bond donors (Lipinski definition) is 3. The molecule has 3 fully saturated rings. The van der Waals surface area contributed by atoms with Crippen molar-refractivity contribution in [3.05, 3.63) is 52.5 Å². The van der Waals surface area contributed by atoms with Crippen LogP contribution in [-0.2, 0) is 35.1 Å². The second-order valence-corrected chi connectivity index (χ2v) is 17.3. The summed E-state index contributed by atoms with van der Waals surface area (Å²) in [4.78, 5) is 64.0. The zero-order chi connectivity index (χ0) is 39.8. The average molecular weight is 781 g/mol. The second-order valence-electron chi connectivity index (χ2n) is 16.4. The van der Waals surface area contributed by atoms with Crippen molar-refractivity contribution >= 4 is 35.0 Å². The minimum Gasteiger partial charge on any atom is -0.379 e. The van der Waals surface area contributed by atoms with E-state index in [2.05, 4.69) is 34.8 Å². The molecule has 4 amide bonds. The van der Waals surface area contributed by atoms with Gasteiger partial charge in [0, 0.05) is 45.4 Å². The fraction of sp³-hybridized carbons (Fsp3) is 0.690. The number of rotatable bonds is 19. The number of benzene rings is 1. The van der Waals surface area contributed by atoms with E-state index in [-0.39, 0.29) is 60.0 Å². The zero-order valence-electron chi connectivity index (χ0n) is 34.0. The lowest BCUT2D eigenvalue weighted by Gasteiger charge is -2.41. The van der Waals surface area contributed by atoms with Crippen molar-refractivity contribution in [3.63, 3.8) is 0 Å². The fourth-order valence-electron chi connectivity index (χ4n) is 9.19. The highest BCUT2D eigenvalue weighted by atomic mass is 32.1. The van der Waals surface area contributed by atoms with Crippen LogP contribution in [0.25, 0.3) is 0 Å². The highest BCUT2D eigenvalue weighted by Gasteiger charge is 2.46. The summed E-state index contributed by atoms with van der Waals surface area (Å²) in [6, 6.07) is 8.43. The lowest BCUT2D eigenvalue weighted by molar-refractivity contribution is -0.147. The molecule has 304 valence electrons. The maximum atomic E-state index is 14.3. The maximum absolute atomic E-state index is 14.3. The van der Waals surface area contributed by atoms with E-state index in [4.69, 9.17) is 9.47 Å². The van der Waals surface area contributed by atoms with E-state index >= 15 is 0 Å². The molecule has 1 aliphatic carbocycles. The van der Waals surface area contributed by atoms with Crippen molar-refractivity contribution in [2.45, 2.75) is 134 Å². The number of ether oxygens (including phenoxy) is 2. The Hall–Kier alpha value is -3.39. The van der Waals surface area contributed by atoms with Crippen LogP contribution in [0.2, 0.25) is 0 Å². The summed E-state index contributed by atoms with van der Waals surface area (Å²) in [5, 5.41) is 12.5. The topological polar surface area (TPSA) is 142 Å². The summed E-state index contributed by atoms with van der Waals surface area (Å²) < 4.78 is 12.1. The average Bonchev–Trinajstić information content (AvgIpc) is 4.03. The molecule has 2 unspecified atom stereocenters. The van der Waals surface area contributed by atoms with E-state index in [1.165, 1.54) is 11.3 Å². The number of likely N-dealkylation sites (N-methyl/N-ethyl adjacent to an activating group) is 1. The number of aromatic nitrogens is 1. The number of amides is 4. The molecule has 3 heterocycles. The van der Waals surface area contributed by atoms with Crippen LogP contribution < -0.4 is 16.0 Å². The number of nitrogens with zero attached hydrogens (tertiary/aromatic N) is 3. The van der Waals surface area contributed by atoms with E-state index in [0.29, 0.717) is 31.3 Å². The van der Waals surface area contributed by atoms with Crippen LogP contribution in [0.3, 0.4) is 0 Å². The van der Waals surface area contributed by atoms with Gasteiger partial charge in [-0.2, -0.15) is 0 Å². The standard InChI is InChI=1S/C42H64N6O6S/c1-9-26(4)37(47(6)42(52)35(25(2)3)46-40(51)36-29-17-18-30(23-29)44-36)33(53-7)24-34(49)48-20-13-16-32(48)38(54-8)27(5)39(50)45-31(41-43-19-21-55-41)22-28-14-11-10-12-15-28/h10-12,14-15,19,21,25-27,29-33,35-38,44H,9,13,16-18,20,22-24H2,1-8H3,(H,45,50)(H,46,51)/t26-,27+,29-,30+,31-,32?,33+,35?,36-,37-,38+/m0/s1. The first-order valence-electron chi connectivity index (χ1n) is 20.3. The van der Waals surface area contributed by atoms with Gasteiger partial charge in [-0.25, -0.2) is 4.98 Å². The summed E-state index contributed by atoms with van der Waals surface area (Å²) in [5.74, 6) is -0.917. The monoisotopic (exact) mass is 780 g/mol. The maximum Gasteiger partial charge on any atom is 0.245 e. The molecule has 0 radical (unpaired) electrons. The summed E-state index contributed by atoms with van der Waals surface area (Å²) in [6.45, 7) is 10.4. The normalized spacial score (nSPS) is 24.5. The van der Waals surface area contributed by atoms with Crippen molar-refractivity contribution in [1.29, 1.82) is 0 Å². The first-order chi connectivity index (χ1) is 26.4. The molecule has 2 bridgehead atoms. The number of likely N-dealkylation sites (tertiary alicyclic amines) is 1. The Bertz CT molecular complexity index is 1560. The minimum atomic E-state index is -0.709. The quantitative estimate of drug-likeness (QED) is 0.186. The third-order valence-corrected chi connectivity index (χ3v) is 13.4. The van der Waals surface area contributed by atoms with Gasteiger partial charge < -0.3 is 35.2 Å². The molecule has 11 atom stereocenters. The molecule has 5 rings (SSSR count). The van der Waals surface area contributed by atoms with E-state index in [1.54, 1.807) is 32.4 Å². The van der Waals surface area contributed by atoms with Crippen LogP contribution in [0.5, 0.6) is 0 Å². The van der Waals surface area contributed by atoms with Gasteiger partial charge in [0.2, 0.25) is 23.6 Å². The Labute approximate surface area is 331 Å². The fourth-order valence-corrected chi connectivity index (χ4v) is 9.88. The number of fused-ring (bicyclic) bond motifs is 2. The number of methoxy groups -OCH3 is 2. The third kappa shape index (κ3) is 10.1. The predicted octanol–water partition coefficient (Wildman–Crippen LogP) is 4.74. The lowest BCUT2D eigenvalue weighted by Crippen LogP contribution is -2.59. The summed E-state index contributed by atoms with van der Waals surface area (Å²) >= 11 is 1.51. The van der Waals surface area contributed by atoms with Gasteiger partial charge in [-0.05, 0) is 61.8 Å². The number of carbonyl (C=O) groups excluding carboxylic acids is 4. The Balaban J connectivity index is 1.26. The Morgan fingerprint density at radius 3 is 2.36 bits per heavy atom. The summed E-state index contributed by atoms with van der Waals surface area (Å²) in [5.41, 5.74) is 1.10. The summed E-state index contributed by atoms with van der Waals surface area (Å²) in [7, 11) is 4.96. The Morgan fingerprint density at radius 2 is 1.78 bits per heavy atom. The Kier molecular flexibility index (Phi) is 15.3. The molecular weight excluding hydrogens is 717 g/mol. The number of hydrogen-bond acceptors (Lipinski definition) is 9. The molecule has 2 aromatic rings. The van der Waals surface area contributed by atoms with E-state index in [9.17, 15) is 19.2 Å². The van der Waals surface area contributed by atoms with Gasteiger partial charge >= 0.3 is 0 Å². The van der Waals surface area contributed by atoms with Crippen LogP contribution in [0.15, 0.2) is 41.9 Å². The van der Waals surface area contributed by atoms with Gasteiger partial charge in [0.15, 0.2) is 0 Å². The van der Waals surface area contributed by atoms with Gasteiger partial charge in [0.1, 0.15) is 11.0 Å². The van der Waals surface area contributed by atoms with Crippen LogP contribution in [0.1, 0.15) is 96.2 Å². The molecule has 55 heavy (non-hydrogen) atoms. The van der Waals surface area contributed by atoms with E-state index < -0.39 is 30.2 Å². The van der Waals surface area contributed by atoms with Gasteiger partial charge in [-0.3, -0.25) is 19.2 Å². The van der Waals surface area contributed by atoms with Crippen LogP contribution in [0, 0.1) is 23.7 Å². The van der Waals surface area contributed by atoms with Gasteiger partial charge in [-0.1, -0.05) is 71.4 Å². The molecule has 1 aromatic heterocycles. The van der Waals surface area contributed by atoms with Gasteiger partial charge in [0.05, 0.1) is 48.7 Å². The molecule has 0 spiro atoms. The van der Waals surface area contributed by atoms with E-state index in [1.807, 2.05) is 61.4 Å². The number of piperidine rings is 1. The van der Waals surface area contributed by atoms with Crippen molar-refractivity contribution in [2.75, 3.05) is 27.8 Å². The summed E-state index contributed by atoms with van der Waals surface area (Å²) in [6.07, 6.45) is 6.70. The molecule has 3 aliphatic rings. The first kappa shape index (κ1) is 42.7. The molecule has 2 aliphatic heterocycles. The molecule has 1 saturated carbocycles. The second kappa shape index (κ2) is 19.7. The zero-order valence-corrected chi connectivity index (χ0v) is 34.8. The highest BCUT2D eigenvalue weighted by Crippen LogP contribution is 2.36. The molecule has 3 N–H and O–H groups in total. The lowest BCUT2D eigenvalue weighted by atomic mass is 9.89. The molecular formula is C42H64N6O6S. The highest BCUT2D eigenvalue weighted by molar-refractivity contribution is 7.09. The van der Waals surface area contributed by atoms with E-state index in [0.717, 1.165) is 42.7 Å². The van der Waals surface area contributed by atoms with Crippen molar-refractivity contribution < 1.29 is 28.7 Å². The third-order valence-electron chi connectivity index (χ3n) is 12.5.